The predicted octanol–water partition coefficient (Wildman–Crippen LogP) is 3.39. The zero-order chi connectivity index (χ0) is 20.1. The van der Waals surface area contributed by atoms with Crippen molar-refractivity contribution in [2.24, 2.45) is 7.05 Å². The summed E-state index contributed by atoms with van der Waals surface area (Å²) >= 11 is 0. The quantitative estimate of drug-likeness (QED) is 0.653. The number of fused-ring (bicyclic) bond motifs is 1. The molecule has 148 valence electrons. The van der Waals surface area contributed by atoms with Gasteiger partial charge in [-0.15, -0.1) is 0 Å². The molecule has 3 rings (SSSR count). The number of benzene rings is 2. The summed E-state index contributed by atoms with van der Waals surface area (Å²) in [5.41, 5.74) is 3.33. The molecule has 1 amide bonds. The Bertz CT molecular complexity index is 946. The van der Waals surface area contributed by atoms with Crippen LogP contribution in [0.15, 0.2) is 54.7 Å². The fraction of sp³-hybridized carbons (Fsp3) is 0.348. The highest BCUT2D eigenvalue weighted by Gasteiger charge is 2.24. The monoisotopic (exact) mass is 379 g/mol. The molecule has 0 aliphatic rings. The average Bonchev–Trinajstić information content (AvgIpc) is 3.02. The molecule has 0 radical (unpaired) electrons. The third-order valence-electron chi connectivity index (χ3n) is 5.09. The van der Waals surface area contributed by atoms with Gasteiger partial charge in [0.15, 0.2) is 0 Å². The van der Waals surface area contributed by atoms with Gasteiger partial charge in [0.2, 0.25) is 5.91 Å². The van der Waals surface area contributed by atoms with E-state index in [2.05, 4.69) is 39.2 Å². The summed E-state index contributed by atoms with van der Waals surface area (Å²) in [6.45, 7) is 1.46. The summed E-state index contributed by atoms with van der Waals surface area (Å²) in [5.74, 6) is 0.772. The van der Waals surface area contributed by atoms with Crippen molar-refractivity contribution < 1.29 is 9.53 Å². The van der Waals surface area contributed by atoms with E-state index in [0.717, 1.165) is 28.9 Å². The SMILES string of the molecule is COc1ccccc1[C@@H](CC(=O)NCCN(C)C)c1cn(C)c2ccccc12. The molecular weight excluding hydrogens is 350 g/mol. The van der Waals surface area contributed by atoms with Gasteiger partial charge in [0, 0.05) is 55.1 Å². The number of methoxy groups -OCH3 is 1. The first kappa shape index (κ1) is 20.0. The van der Waals surface area contributed by atoms with Gasteiger partial charge in [-0.2, -0.15) is 0 Å². The lowest BCUT2D eigenvalue weighted by atomic mass is 9.87. The number of amides is 1. The highest BCUT2D eigenvalue weighted by atomic mass is 16.5. The van der Waals surface area contributed by atoms with Crippen LogP contribution in [0.25, 0.3) is 10.9 Å². The van der Waals surface area contributed by atoms with E-state index in [0.29, 0.717) is 13.0 Å². The van der Waals surface area contributed by atoms with Gasteiger partial charge in [-0.3, -0.25) is 4.79 Å². The molecule has 0 aliphatic carbocycles. The molecule has 0 fully saturated rings. The maximum Gasteiger partial charge on any atom is 0.220 e. The smallest absolute Gasteiger partial charge is 0.220 e. The van der Waals surface area contributed by atoms with E-state index in [4.69, 9.17) is 4.74 Å². The Labute approximate surface area is 166 Å². The summed E-state index contributed by atoms with van der Waals surface area (Å²) in [5, 5.41) is 4.22. The number of aryl methyl sites for hydroxylation is 1. The first-order valence-corrected chi connectivity index (χ1v) is 9.59. The van der Waals surface area contributed by atoms with Crippen LogP contribution in [0.2, 0.25) is 0 Å². The zero-order valence-electron chi connectivity index (χ0n) is 17.1. The standard InChI is InChI=1S/C23H29N3O2/c1-25(2)14-13-24-23(27)15-19(18-10-6-8-12-22(18)28-4)20-16-26(3)21-11-7-5-9-17(20)21/h5-12,16,19H,13-15H2,1-4H3,(H,24,27)/t19-/m1/s1. The molecule has 5 nitrogen and oxygen atoms in total. The lowest BCUT2D eigenvalue weighted by Crippen LogP contribution is -2.32. The minimum atomic E-state index is -0.0818. The number of nitrogens with zero attached hydrogens (tertiary/aromatic N) is 2. The number of carbonyl (C=O) groups excluding carboxylic acids is 1. The molecule has 1 aromatic heterocycles. The number of nitrogens with one attached hydrogen (secondary N) is 1. The molecule has 5 heteroatoms. The summed E-state index contributed by atoms with van der Waals surface area (Å²) in [6.07, 6.45) is 2.51. The topological polar surface area (TPSA) is 46.5 Å². The second-order valence-electron chi connectivity index (χ2n) is 7.36. The van der Waals surface area contributed by atoms with Crippen molar-refractivity contribution >= 4 is 16.8 Å². The van der Waals surface area contributed by atoms with Gasteiger partial charge in [0.25, 0.3) is 0 Å². The van der Waals surface area contributed by atoms with Crippen LogP contribution in [0, 0.1) is 0 Å². The van der Waals surface area contributed by atoms with Gasteiger partial charge in [-0.25, -0.2) is 0 Å². The Morgan fingerprint density at radius 3 is 2.57 bits per heavy atom. The Morgan fingerprint density at radius 1 is 1.11 bits per heavy atom. The van der Waals surface area contributed by atoms with Gasteiger partial charge in [-0.05, 0) is 31.8 Å². The molecule has 0 aliphatic heterocycles. The van der Waals surface area contributed by atoms with Crippen molar-refractivity contribution in [3.63, 3.8) is 0 Å². The Morgan fingerprint density at radius 2 is 1.82 bits per heavy atom. The van der Waals surface area contributed by atoms with E-state index < -0.39 is 0 Å². The van der Waals surface area contributed by atoms with Crippen molar-refractivity contribution in [1.29, 1.82) is 0 Å². The van der Waals surface area contributed by atoms with Gasteiger partial charge in [0.1, 0.15) is 5.75 Å². The molecule has 2 aromatic carbocycles. The van der Waals surface area contributed by atoms with E-state index in [1.165, 1.54) is 5.39 Å². The van der Waals surface area contributed by atoms with Crippen molar-refractivity contribution in [3.8, 4) is 5.75 Å². The summed E-state index contributed by atoms with van der Waals surface area (Å²) in [6, 6.07) is 16.3. The predicted molar refractivity (Wildman–Crippen MR) is 114 cm³/mol. The summed E-state index contributed by atoms with van der Waals surface area (Å²) in [7, 11) is 7.72. The van der Waals surface area contributed by atoms with E-state index in [9.17, 15) is 4.79 Å². The fourth-order valence-electron chi connectivity index (χ4n) is 3.67. The van der Waals surface area contributed by atoms with E-state index in [1.54, 1.807) is 7.11 Å². The molecule has 1 heterocycles. The number of aromatic nitrogens is 1. The van der Waals surface area contributed by atoms with Gasteiger partial charge < -0.3 is 19.5 Å². The van der Waals surface area contributed by atoms with Gasteiger partial charge in [0.05, 0.1) is 7.11 Å². The fourth-order valence-corrected chi connectivity index (χ4v) is 3.67. The third kappa shape index (κ3) is 4.37. The minimum absolute atomic E-state index is 0.0469. The summed E-state index contributed by atoms with van der Waals surface area (Å²) in [4.78, 5) is 14.8. The van der Waals surface area contributed by atoms with Crippen molar-refractivity contribution in [2.45, 2.75) is 12.3 Å². The van der Waals surface area contributed by atoms with E-state index in [-0.39, 0.29) is 11.8 Å². The van der Waals surface area contributed by atoms with Crippen molar-refractivity contribution in [1.82, 2.24) is 14.8 Å². The normalized spacial score (nSPS) is 12.3. The Balaban J connectivity index is 1.98. The third-order valence-corrected chi connectivity index (χ3v) is 5.09. The maximum atomic E-state index is 12.7. The van der Waals surface area contributed by atoms with E-state index >= 15 is 0 Å². The second-order valence-corrected chi connectivity index (χ2v) is 7.36. The van der Waals surface area contributed by atoms with Crippen LogP contribution in [0.3, 0.4) is 0 Å². The number of hydrogen-bond donors (Lipinski definition) is 1. The molecular formula is C23H29N3O2. The number of rotatable bonds is 8. The Hall–Kier alpha value is -2.79. The first-order valence-electron chi connectivity index (χ1n) is 9.59. The van der Waals surface area contributed by atoms with Crippen molar-refractivity contribution in [2.75, 3.05) is 34.3 Å². The van der Waals surface area contributed by atoms with Gasteiger partial charge in [-0.1, -0.05) is 36.4 Å². The highest BCUT2D eigenvalue weighted by Crippen LogP contribution is 2.38. The van der Waals surface area contributed by atoms with Crippen LogP contribution in [-0.4, -0.2) is 49.7 Å². The number of carbonyl (C=O) groups is 1. The molecule has 0 unspecified atom stereocenters. The van der Waals surface area contributed by atoms with E-state index in [1.807, 2.05) is 51.5 Å². The van der Waals surface area contributed by atoms with Crippen LogP contribution >= 0.6 is 0 Å². The maximum absolute atomic E-state index is 12.7. The molecule has 0 bridgehead atoms. The molecule has 1 atom stereocenters. The number of ether oxygens (including phenoxy) is 1. The molecule has 28 heavy (non-hydrogen) atoms. The zero-order valence-corrected chi connectivity index (χ0v) is 17.1. The molecule has 3 aromatic rings. The number of hydrogen-bond acceptors (Lipinski definition) is 3. The number of likely N-dealkylation sites (N-methyl/N-ethyl adjacent to an activating group) is 1. The van der Waals surface area contributed by atoms with Crippen LogP contribution in [0.1, 0.15) is 23.5 Å². The van der Waals surface area contributed by atoms with Crippen LogP contribution < -0.4 is 10.1 Å². The van der Waals surface area contributed by atoms with Crippen molar-refractivity contribution in [3.05, 3.63) is 65.9 Å². The first-order chi connectivity index (χ1) is 13.5. The Kier molecular flexibility index (Phi) is 6.37. The summed E-state index contributed by atoms with van der Waals surface area (Å²) < 4.78 is 7.74. The van der Waals surface area contributed by atoms with Gasteiger partial charge >= 0.3 is 0 Å². The molecule has 1 N–H and O–H groups in total. The second kappa shape index (κ2) is 8.93. The van der Waals surface area contributed by atoms with Crippen LogP contribution in [-0.2, 0) is 11.8 Å². The van der Waals surface area contributed by atoms with Crippen LogP contribution in [0.5, 0.6) is 5.75 Å². The lowest BCUT2D eigenvalue weighted by molar-refractivity contribution is -0.121. The molecule has 0 saturated carbocycles. The number of para-hydroxylation sites is 2. The lowest BCUT2D eigenvalue weighted by Gasteiger charge is -2.20. The average molecular weight is 380 g/mol. The molecule has 0 spiro atoms. The highest BCUT2D eigenvalue weighted by molar-refractivity contribution is 5.86. The minimum Gasteiger partial charge on any atom is -0.496 e. The largest absolute Gasteiger partial charge is 0.496 e. The molecule has 0 saturated heterocycles. The van der Waals surface area contributed by atoms with Crippen LogP contribution in [0.4, 0.5) is 0 Å².